The molecule has 1 aromatic carbocycles. The van der Waals surface area contributed by atoms with Crippen molar-refractivity contribution in [3.8, 4) is 0 Å². The molecule has 0 aliphatic rings. The van der Waals surface area contributed by atoms with Gasteiger partial charge in [0.25, 0.3) is 0 Å². The van der Waals surface area contributed by atoms with Crippen molar-refractivity contribution in [1.82, 2.24) is 9.55 Å². The van der Waals surface area contributed by atoms with Crippen molar-refractivity contribution in [2.24, 2.45) is 11.7 Å². The van der Waals surface area contributed by atoms with E-state index in [9.17, 15) is 0 Å². The lowest BCUT2D eigenvalue weighted by Crippen LogP contribution is -2.29. The van der Waals surface area contributed by atoms with Crippen molar-refractivity contribution in [1.29, 1.82) is 0 Å². The molecule has 18 heavy (non-hydrogen) atoms. The summed E-state index contributed by atoms with van der Waals surface area (Å²) in [5.74, 6) is 1.47. The van der Waals surface area contributed by atoms with Gasteiger partial charge in [-0.3, -0.25) is 0 Å². The lowest BCUT2D eigenvalue weighted by Gasteiger charge is -2.30. The Morgan fingerprint density at radius 1 is 1.17 bits per heavy atom. The van der Waals surface area contributed by atoms with Crippen LogP contribution >= 0.6 is 0 Å². The second kappa shape index (κ2) is 5.36. The van der Waals surface area contributed by atoms with Crippen LogP contribution in [0.3, 0.4) is 0 Å². The fourth-order valence-corrected chi connectivity index (χ4v) is 2.48. The lowest BCUT2D eigenvalue weighted by atomic mass is 9.91. The standard InChI is InChI=1S/C15H21N3/c1-11(2)15(18-10-9-17-12(18)3)14(16)13-7-5-4-6-8-13/h4-11,14-15H,16H2,1-3H3. The highest BCUT2D eigenvalue weighted by atomic mass is 15.1. The van der Waals surface area contributed by atoms with Crippen LogP contribution in [0.15, 0.2) is 42.7 Å². The Hall–Kier alpha value is -1.61. The predicted molar refractivity (Wildman–Crippen MR) is 74.2 cm³/mol. The van der Waals surface area contributed by atoms with E-state index in [1.54, 1.807) is 0 Å². The topological polar surface area (TPSA) is 43.8 Å². The summed E-state index contributed by atoms with van der Waals surface area (Å²) in [5.41, 5.74) is 7.62. The number of benzene rings is 1. The molecule has 0 amide bonds. The van der Waals surface area contributed by atoms with Crippen LogP contribution in [0.2, 0.25) is 0 Å². The van der Waals surface area contributed by atoms with Crippen molar-refractivity contribution < 1.29 is 0 Å². The zero-order chi connectivity index (χ0) is 13.1. The molecule has 1 heterocycles. The van der Waals surface area contributed by atoms with Gasteiger partial charge >= 0.3 is 0 Å². The molecular weight excluding hydrogens is 222 g/mol. The first-order valence-corrected chi connectivity index (χ1v) is 6.41. The molecule has 96 valence electrons. The molecule has 2 aromatic rings. The maximum absolute atomic E-state index is 6.45. The van der Waals surface area contributed by atoms with Crippen molar-refractivity contribution in [2.75, 3.05) is 0 Å². The lowest BCUT2D eigenvalue weighted by molar-refractivity contribution is 0.314. The molecule has 1 aromatic heterocycles. The molecule has 2 unspecified atom stereocenters. The number of rotatable bonds is 4. The number of aromatic nitrogens is 2. The average Bonchev–Trinajstić information content (AvgIpc) is 2.76. The fraction of sp³-hybridized carbons (Fsp3) is 0.400. The van der Waals surface area contributed by atoms with Crippen LogP contribution < -0.4 is 5.73 Å². The molecule has 2 atom stereocenters. The molecule has 0 saturated carbocycles. The van der Waals surface area contributed by atoms with E-state index < -0.39 is 0 Å². The van der Waals surface area contributed by atoms with E-state index in [1.807, 2.05) is 37.5 Å². The largest absolute Gasteiger partial charge is 0.330 e. The third kappa shape index (κ3) is 2.46. The summed E-state index contributed by atoms with van der Waals surface area (Å²) in [7, 11) is 0. The van der Waals surface area contributed by atoms with E-state index in [-0.39, 0.29) is 12.1 Å². The highest BCUT2D eigenvalue weighted by molar-refractivity contribution is 5.20. The van der Waals surface area contributed by atoms with Gasteiger partial charge in [-0.25, -0.2) is 4.98 Å². The fourth-order valence-electron chi connectivity index (χ4n) is 2.48. The van der Waals surface area contributed by atoms with Crippen molar-refractivity contribution in [2.45, 2.75) is 32.9 Å². The Morgan fingerprint density at radius 3 is 2.33 bits per heavy atom. The summed E-state index contributed by atoms with van der Waals surface area (Å²) in [4.78, 5) is 4.30. The average molecular weight is 243 g/mol. The molecule has 0 spiro atoms. The van der Waals surface area contributed by atoms with E-state index in [2.05, 4.69) is 35.5 Å². The Kier molecular flexibility index (Phi) is 3.82. The molecule has 0 aliphatic heterocycles. The maximum Gasteiger partial charge on any atom is 0.105 e. The number of nitrogens with zero attached hydrogens (tertiary/aromatic N) is 2. The van der Waals surface area contributed by atoms with Crippen LogP contribution in [0.4, 0.5) is 0 Å². The highest BCUT2D eigenvalue weighted by Gasteiger charge is 2.25. The third-order valence-corrected chi connectivity index (χ3v) is 3.42. The first-order chi connectivity index (χ1) is 8.61. The number of aryl methyl sites for hydroxylation is 1. The van der Waals surface area contributed by atoms with E-state index in [1.165, 1.54) is 5.56 Å². The number of nitrogens with two attached hydrogens (primary N) is 1. The Labute approximate surface area is 109 Å². The second-order valence-corrected chi connectivity index (χ2v) is 5.05. The summed E-state index contributed by atoms with van der Waals surface area (Å²) in [6.07, 6.45) is 3.85. The van der Waals surface area contributed by atoms with Gasteiger partial charge < -0.3 is 10.3 Å². The minimum absolute atomic E-state index is 0.0147. The van der Waals surface area contributed by atoms with E-state index in [0.29, 0.717) is 5.92 Å². The third-order valence-electron chi connectivity index (χ3n) is 3.42. The van der Waals surface area contributed by atoms with Gasteiger partial charge in [-0.15, -0.1) is 0 Å². The first kappa shape index (κ1) is 12.8. The van der Waals surface area contributed by atoms with Crippen molar-refractivity contribution in [3.63, 3.8) is 0 Å². The molecule has 2 rings (SSSR count). The van der Waals surface area contributed by atoms with E-state index >= 15 is 0 Å². The zero-order valence-corrected chi connectivity index (χ0v) is 11.2. The molecule has 2 N–H and O–H groups in total. The monoisotopic (exact) mass is 243 g/mol. The molecule has 0 saturated heterocycles. The Balaban J connectivity index is 2.35. The zero-order valence-electron chi connectivity index (χ0n) is 11.2. The van der Waals surface area contributed by atoms with Crippen LogP contribution in [0.1, 0.15) is 37.3 Å². The van der Waals surface area contributed by atoms with Gasteiger partial charge in [0.2, 0.25) is 0 Å². The number of hydrogen-bond donors (Lipinski definition) is 1. The SMILES string of the molecule is Cc1nccn1C(C(C)C)C(N)c1ccccc1. The normalized spacial score (nSPS) is 14.7. The summed E-state index contributed by atoms with van der Waals surface area (Å²) in [6.45, 7) is 6.42. The predicted octanol–water partition coefficient (Wildman–Crippen LogP) is 3.09. The molecule has 0 bridgehead atoms. The Bertz CT molecular complexity index is 487. The molecule has 0 radical (unpaired) electrons. The minimum atomic E-state index is -0.0147. The van der Waals surface area contributed by atoms with Gasteiger partial charge in [0.1, 0.15) is 5.82 Å². The van der Waals surface area contributed by atoms with Crippen LogP contribution in [-0.2, 0) is 0 Å². The van der Waals surface area contributed by atoms with Crippen molar-refractivity contribution >= 4 is 0 Å². The van der Waals surface area contributed by atoms with Crippen LogP contribution in [0.5, 0.6) is 0 Å². The highest BCUT2D eigenvalue weighted by Crippen LogP contribution is 2.31. The molecule has 3 nitrogen and oxygen atoms in total. The minimum Gasteiger partial charge on any atom is -0.330 e. The molecule has 0 fully saturated rings. The van der Waals surface area contributed by atoms with Crippen LogP contribution in [0.25, 0.3) is 0 Å². The van der Waals surface area contributed by atoms with Gasteiger partial charge in [0.15, 0.2) is 0 Å². The van der Waals surface area contributed by atoms with Gasteiger partial charge in [0.05, 0.1) is 12.1 Å². The summed E-state index contributed by atoms with van der Waals surface area (Å²) in [6, 6.07) is 10.5. The summed E-state index contributed by atoms with van der Waals surface area (Å²) < 4.78 is 2.18. The van der Waals surface area contributed by atoms with Gasteiger partial charge in [-0.2, -0.15) is 0 Å². The van der Waals surface area contributed by atoms with Gasteiger partial charge in [-0.05, 0) is 18.4 Å². The maximum atomic E-state index is 6.45. The van der Waals surface area contributed by atoms with Crippen LogP contribution in [-0.4, -0.2) is 9.55 Å². The first-order valence-electron chi connectivity index (χ1n) is 6.41. The summed E-state index contributed by atoms with van der Waals surface area (Å²) >= 11 is 0. The second-order valence-electron chi connectivity index (χ2n) is 5.05. The van der Waals surface area contributed by atoms with Crippen molar-refractivity contribution in [3.05, 3.63) is 54.1 Å². The van der Waals surface area contributed by atoms with E-state index in [0.717, 1.165) is 5.82 Å². The molecule has 0 aliphatic carbocycles. The van der Waals surface area contributed by atoms with E-state index in [4.69, 9.17) is 5.73 Å². The quantitative estimate of drug-likeness (QED) is 0.896. The van der Waals surface area contributed by atoms with Crippen LogP contribution in [0, 0.1) is 12.8 Å². The molecular formula is C15H21N3. The Morgan fingerprint density at radius 2 is 1.83 bits per heavy atom. The van der Waals surface area contributed by atoms with Gasteiger partial charge in [0, 0.05) is 12.4 Å². The smallest absolute Gasteiger partial charge is 0.105 e. The number of hydrogen-bond acceptors (Lipinski definition) is 2. The number of imidazole rings is 1. The summed E-state index contributed by atoms with van der Waals surface area (Å²) in [5, 5.41) is 0. The molecule has 3 heteroatoms. The van der Waals surface area contributed by atoms with Gasteiger partial charge in [-0.1, -0.05) is 44.2 Å².